The molecule has 2 aliphatic carbocycles. The number of nitrogens with zero attached hydrogens (tertiary/aromatic N) is 1. The van der Waals surface area contributed by atoms with Crippen molar-refractivity contribution in [3.8, 4) is 0 Å². The van der Waals surface area contributed by atoms with Crippen LogP contribution in [0, 0.1) is 11.3 Å². The summed E-state index contributed by atoms with van der Waals surface area (Å²) in [5.41, 5.74) is -0.0402. The molecule has 30 heavy (non-hydrogen) atoms. The number of nitrogens with one attached hydrogen (secondary N) is 1. The average molecular weight is 423 g/mol. The summed E-state index contributed by atoms with van der Waals surface area (Å²) >= 11 is 0. The third-order valence-electron chi connectivity index (χ3n) is 7.47. The van der Waals surface area contributed by atoms with Crippen LogP contribution in [0.2, 0.25) is 0 Å². The molecular formula is C23H38N2O5. The van der Waals surface area contributed by atoms with Crippen molar-refractivity contribution >= 4 is 17.8 Å². The van der Waals surface area contributed by atoms with Crippen molar-refractivity contribution in [2.24, 2.45) is 11.3 Å². The van der Waals surface area contributed by atoms with Crippen molar-refractivity contribution < 1.29 is 24.2 Å². The number of rotatable bonds is 9. The molecule has 0 aromatic rings. The predicted octanol–water partition coefficient (Wildman–Crippen LogP) is 3.11. The van der Waals surface area contributed by atoms with Gasteiger partial charge in [0, 0.05) is 6.54 Å². The van der Waals surface area contributed by atoms with Gasteiger partial charge in [0.2, 0.25) is 5.91 Å². The zero-order chi connectivity index (χ0) is 21.7. The van der Waals surface area contributed by atoms with Crippen LogP contribution in [0.1, 0.15) is 84.5 Å². The Morgan fingerprint density at radius 3 is 2.43 bits per heavy atom. The molecule has 2 N–H and O–H groups in total. The van der Waals surface area contributed by atoms with E-state index in [1.807, 2.05) is 0 Å². The van der Waals surface area contributed by atoms with Gasteiger partial charge in [-0.15, -0.1) is 0 Å². The minimum atomic E-state index is -0.928. The van der Waals surface area contributed by atoms with Gasteiger partial charge in [0.05, 0.1) is 12.6 Å². The molecule has 3 atom stereocenters. The van der Waals surface area contributed by atoms with Crippen LogP contribution in [0.4, 0.5) is 0 Å². The van der Waals surface area contributed by atoms with E-state index in [2.05, 4.69) is 5.32 Å². The van der Waals surface area contributed by atoms with Gasteiger partial charge >= 0.3 is 11.9 Å². The summed E-state index contributed by atoms with van der Waals surface area (Å²) in [5.74, 6) is -0.825. The monoisotopic (exact) mass is 422 g/mol. The molecule has 0 bridgehead atoms. The Labute approximate surface area is 179 Å². The van der Waals surface area contributed by atoms with Gasteiger partial charge in [-0.25, -0.2) is 4.79 Å². The second-order valence-electron chi connectivity index (χ2n) is 9.65. The highest BCUT2D eigenvalue weighted by Crippen LogP contribution is 2.48. The third-order valence-corrected chi connectivity index (χ3v) is 7.47. The van der Waals surface area contributed by atoms with Gasteiger partial charge in [0.25, 0.3) is 0 Å². The summed E-state index contributed by atoms with van der Waals surface area (Å²) in [6.45, 7) is 4.34. The van der Waals surface area contributed by atoms with E-state index in [-0.39, 0.29) is 17.3 Å². The first-order chi connectivity index (χ1) is 14.3. The Morgan fingerprint density at radius 2 is 1.83 bits per heavy atom. The summed E-state index contributed by atoms with van der Waals surface area (Å²) in [5, 5.41) is 12.9. The lowest BCUT2D eigenvalue weighted by Gasteiger charge is -2.29. The second kappa shape index (κ2) is 10.1. The standard InChI is InChI=1S/C23H38N2O5/c1-3-30-22(29)18(11-10-17-8-4-5-9-17)24-16(2)20(26)25-15-23(12-6-7-13-23)14-19(25)21(27)28/h16-19,24H,3-15H2,1-2H3,(H,27,28)/t16-,18?,19?/m0/s1. The van der Waals surface area contributed by atoms with Gasteiger partial charge in [-0.3, -0.25) is 14.9 Å². The van der Waals surface area contributed by atoms with E-state index in [0.717, 1.165) is 32.1 Å². The van der Waals surface area contributed by atoms with Crippen LogP contribution in [-0.4, -0.2) is 59.1 Å². The van der Waals surface area contributed by atoms with Crippen LogP contribution < -0.4 is 5.32 Å². The topological polar surface area (TPSA) is 95.9 Å². The van der Waals surface area contributed by atoms with Crippen molar-refractivity contribution in [3.63, 3.8) is 0 Å². The predicted molar refractivity (Wildman–Crippen MR) is 113 cm³/mol. The number of likely N-dealkylation sites (tertiary alicyclic amines) is 1. The Bertz CT molecular complexity index is 625. The quantitative estimate of drug-likeness (QED) is 0.554. The van der Waals surface area contributed by atoms with Crippen LogP contribution in [-0.2, 0) is 19.1 Å². The fraction of sp³-hybridized carbons (Fsp3) is 0.870. The van der Waals surface area contributed by atoms with Gasteiger partial charge in [-0.2, -0.15) is 0 Å². The van der Waals surface area contributed by atoms with Gasteiger partial charge in [0.1, 0.15) is 12.1 Å². The first-order valence-electron chi connectivity index (χ1n) is 11.8. The van der Waals surface area contributed by atoms with Crippen molar-refractivity contribution in [3.05, 3.63) is 0 Å². The molecule has 2 saturated carbocycles. The first kappa shape index (κ1) is 23.0. The maximum Gasteiger partial charge on any atom is 0.326 e. The summed E-state index contributed by atoms with van der Waals surface area (Å²) in [6, 6.07) is -1.92. The lowest BCUT2D eigenvalue weighted by molar-refractivity contribution is -0.150. The van der Waals surface area contributed by atoms with E-state index in [1.54, 1.807) is 18.7 Å². The minimum absolute atomic E-state index is 0.0402. The fourth-order valence-corrected chi connectivity index (χ4v) is 5.83. The lowest BCUT2D eigenvalue weighted by atomic mass is 9.84. The molecule has 1 heterocycles. The molecule has 3 rings (SSSR count). The van der Waals surface area contributed by atoms with E-state index in [1.165, 1.54) is 25.7 Å². The number of carboxylic acids is 1. The highest BCUT2D eigenvalue weighted by atomic mass is 16.5. The molecular weight excluding hydrogens is 384 g/mol. The molecule has 1 amide bonds. The molecule has 2 unspecified atom stereocenters. The number of hydrogen-bond donors (Lipinski definition) is 2. The van der Waals surface area contributed by atoms with Gasteiger partial charge in [-0.1, -0.05) is 38.5 Å². The molecule has 3 fully saturated rings. The van der Waals surface area contributed by atoms with Gasteiger partial charge in [-0.05, 0) is 57.3 Å². The van der Waals surface area contributed by atoms with Crippen molar-refractivity contribution in [2.45, 2.75) is 103 Å². The van der Waals surface area contributed by atoms with E-state index < -0.39 is 24.1 Å². The third kappa shape index (κ3) is 5.34. The molecule has 7 heteroatoms. The highest BCUT2D eigenvalue weighted by Gasteiger charge is 2.50. The van der Waals surface area contributed by atoms with E-state index in [4.69, 9.17) is 4.74 Å². The number of amides is 1. The molecule has 7 nitrogen and oxygen atoms in total. The van der Waals surface area contributed by atoms with Crippen LogP contribution in [0.15, 0.2) is 0 Å². The number of aliphatic carboxylic acids is 1. The molecule has 3 aliphatic rings. The maximum absolute atomic E-state index is 13.2. The van der Waals surface area contributed by atoms with Crippen LogP contribution >= 0.6 is 0 Å². The fourth-order valence-electron chi connectivity index (χ4n) is 5.83. The SMILES string of the molecule is CCOC(=O)C(CCC1CCCC1)N[C@@H](C)C(=O)N1CC2(CCCC2)CC1C(=O)O. The van der Waals surface area contributed by atoms with E-state index >= 15 is 0 Å². The van der Waals surface area contributed by atoms with Crippen molar-refractivity contribution in [1.29, 1.82) is 0 Å². The summed E-state index contributed by atoms with van der Waals surface area (Å²) in [7, 11) is 0. The van der Waals surface area contributed by atoms with Crippen LogP contribution in [0.3, 0.4) is 0 Å². The van der Waals surface area contributed by atoms with E-state index in [9.17, 15) is 19.5 Å². The first-order valence-corrected chi connectivity index (χ1v) is 11.8. The molecule has 170 valence electrons. The molecule has 1 aliphatic heterocycles. The smallest absolute Gasteiger partial charge is 0.326 e. The summed E-state index contributed by atoms with van der Waals surface area (Å²) in [6.07, 6.45) is 11.3. The van der Waals surface area contributed by atoms with Gasteiger partial charge < -0.3 is 14.7 Å². The molecule has 1 saturated heterocycles. The molecule has 0 aromatic carbocycles. The normalized spacial score (nSPS) is 25.5. The Hall–Kier alpha value is -1.63. The van der Waals surface area contributed by atoms with Crippen molar-refractivity contribution in [1.82, 2.24) is 10.2 Å². The molecule has 0 aromatic heterocycles. The largest absolute Gasteiger partial charge is 0.480 e. The lowest BCUT2D eigenvalue weighted by Crippen LogP contribution is -2.53. The zero-order valence-electron chi connectivity index (χ0n) is 18.5. The zero-order valence-corrected chi connectivity index (χ0v) is 18.5. The summed E-state index contributed by atoms with van der Waals surface area (Å²) in [4.78, 5) is 39.1. The maximum atomic E-state index is 13.2. The minimum Gasteiger partial charge on any atom is -0.480 e. The summed E-state index contributed by atoms with van der Waals surface area (Å²) < 4.78 is 5.24. The Kier molecular flexibility index (Phi) is 7.77. The van der Waals surface area contributed by atoms with Crippen LogP contribution in [0.5, 0.6) is 0 Å². The Balaban J connectivity index is 1.63. The van der Waals surface area contributed by atoms with Crippen LogP contribution in [0.25, 0.3) is 0 Å². The number of carboxylic acid groups (broad SMARTS) is 1. The van der Waals surface area contributed by atoms with E-state index in [0.29, 0.717) is 31.9 Å². The second-order valence-corrected chi connectivity index (χ2v) is 9.65. The number of hydrogen-bond acceptors (Lipinski definition) is 5. The number of carbonyl (C=O) groups excluding carboxylic acids is 2. The number of carbonyl (C=O) groups is 3. The Morgan fingerprint density at radius 1 is 1.17 bits per heavy atom. The average Bonchev–Trinajstić information content (AvgIpc) is 3.46. The van der Waals surface area contributed by atoms with Gasteiger partial charge in [0.15, 0.2) is 0 Å². The highest BCUT2D eigenvalue weighted by molar-refractivity contribution is 5.88. The molecule has 1 spiro atoms. The number of ether oxygens (including phenoxy) is 1. The van der Waals surface area contributed by atoms with Crippen molar-refractivity contribution in [2.75, 3.05) is 13.2 Å². The number of esters is 1. The molecule has 0 radical (unpaired) electrons.